The summed E-state index contributed by atoms with van der Waals surface area (Å²) >= 11 is 2.01. The fourth-order valence-electron chi connectivity index (χ4n) is 1.62. The van der Waals surface area contributed by atoms with Gasteiger partial charge in [0.25, 0.3) is 5.91 Å². The molecule has 0 bridgehead atoms. The second-order valence-electron chi connectivity index (χ2n) is 4.11. The lowest BCUT2D eigenvalue weighted by atomic mass is 10.2. The van der Waals surface area contributed by atoms with Crippen LogP contribution in [-0.4, -0.2) is 41.6 Å². The fourth-order valence-corrected chi connectivity index (χ4v) is 2.11. The third kappa shape index (κ3) is 5.22. The van der Waals surface area contributed by atoms with Crippen LogP contribution in [0.25, 0.3) is 0 Å². The Morgan fingerprint density at radius 3 is 2.43 bits per heavy atom. The molecule has 0 saturated carbocycles. The molecule has 1 N–H and O–H groups in total. The number of carboxylic acids is 1. The van der Waals surface area contributed by atoms with Crippen LogP contribution >= 0.6 is 22.6 Å². The Labute approximate surface area is 137 Å². The minimum atomic E-state index is -1.09. The van der Waals surface area contributed by atoms with E-state index in [0.717, 1.165) is 3.57 Å². The number of carboxylic acid groups (broad SMARTS) is 1. The van der Waals surface area contributed by atoms with Gasteiger partial charge >= 0.3 is 5.97 Å². The van der Waals surface area contributed by atoms with Crippen molar-refractivity contribution in [3.8, 4) is 5.75 Å². The molecule has 0 spiro atoms. The standard InChI is InChI=1S/C15H16INO4/c1-3-7-17(8-4-2)14(18)10-21-13-6-5-11(16)9-12(13)15(19)20/h3-6,9H,1-2,7-8,10H2,(H,19,20). The van der Waals surface area contributed by atoms with Gasteiger partial charge in [0, 0.05) is 16.7 Å². The van der Waals surface area contributed by atoms with Crippen molar-refractivity contribution < 1.29 is 19.4 Å². The Morgan fingerprint density at radius 1 is 1.29 bits per heavy atom. The van der Waals surface area contributed by atoms with E-state index in [2.05, 4.69) is 13.2 Å². The number of halogens is 1. The average molecular weight is 401 g/mol. The molecule has 21 heavy (non-hydrogen) atoms. The van der Waals surface area contributed by atoms with Crippen LogP contribution in [-0.2, 0) is 4.79 Å². The lowest BCUT2D eigenvalue weighted by Crippen LogP contribution is -2.35. The number of hydrogen-bond donors (Lipinski definition) is 1. The number of ether oxygens (including phenoxy) is 1. The Bertz CT molecular complexity index is 547. The van der Waals surface area contributed by atoms with E-state index in [9.17, 15) is 9.59 Å². The van der Waals surface area contributed by atoms with E-state index in [1.165, 1.54) is 11.0 Å². The molecule has 0 heterocycles. The minimum absolute atomic E-state index is 0.0358. The Kier molecular flexibility index (Phi) is 6.93. The summed E-state index contributed by atoms with van der Waals surface area (Å²) < 4.78 is 6.13. The summed E-state index contributed by atoms with van der Waals surface area (Å²) in [6, 6.07) is 4.76. The normalized spacial score (nSPS) is 9.76. The van der Waals surface area contributed by atoms with Crippen LogP contribution in [0.15, 0.2) is 43.5 Å². The summed E-state index contributed by atoms with van der Waals surface area (Å²) in [6.07, 6.45) is 3.21. The van der Waals surface area contributed by atoms with Gasteiger partial charge in [-0.3, -0.25) is 4.79 Å². The van der Waals surface area contributed by atoms with E-state index < -0.39 is 5.97 Å². The maximum atomic E-state index is 12.0. The molecule has 112 valence electrons. The molecule has 0 aliphatic heterocycles. The molecule has 1 rings (SSSR count). The van der Waals surface area contributed by atoms with Gasteiger partial charge in [0.05, 0.1) is 0 Å². The third-order valence-corrected chi connectivity index (χ3v) is 3.25. The number of benzene rings is 1. The zero-order valence-electron chi connectivity index (χ0n) is 11.4. The van der Waals surface area contributed by atoms with Gasteiger partial charge in [-0.15, -0.1) is 13.2 Å². The van der Waals surface area contributed by atoms with Crippen LogP contribution in [0, 0.1) is 3.57 Å². The molecule has 5 nitrogen and oxygen atoms in total. The van der Waals surface area contributed by atoms with Gasteiger partial charge in [0.1, 0.15) is 11.3 Å². The van der Waals surface area contributed by atoms with Gasteiger partial charge < -0.3 is 14.7 Å². The molecule has 0 fully saturated rings. The number of nitrogens with zero attached hydrogens (tertiary/aromatic N) is 1. The molecule has 0 atom stereocenters. The van der Waals surface area contributed by atoms with Gasteiger partial charge in [-0.25, -0.2) is 4.79 Å². The van der Waals surface area contributed by atoms with E-state index in [0.29, 0.717) is 13.1 Å². The summed E-state index contributed by atoms with van der Waals surface area (Å²) in [4.78, 5) is 24.7. The van der Waals surface area contributed by atoms with Gasteiger partial charge in [-0.1, -0.05) is 12.2 Å². The molecule has 0 aromatic heterocycles. The number of amides is 1. The van der Waals surface area contributed by atoms with Gasteiger partial charge in [0.15, 0.2) is 6.61 Å². The highest BCUT2D eigenvalue weighted by atomic mass is 127. The van der Waals surface area contributed by atoms with Crippen LogP contribution < -0.4 is 4.74 Å². The van der Waals surface area contributed by atoms with Crippen LogP contribution in [0.4, 0.5) is 0 Å². The van der Waals surface area contributed by atoms with Crippen LogP contribution in [0.2, 0.25) is 0 Å². The van der Waals surface area contributed by atoms with Crippen LogP contribution in [0.3, 0.4) is 0 Å². The van der Waals surface area contributed by atoms with E-state index in [1.54, 1.807) is 24.3 Å². The topological polar surface area (TPSA) is 66.8 Å². The number of carbonyl (C=O) groups is 2. The highest BCUT2D eigenvalue weighted by Gasteiger charge is 2.15. The van der Waals surface area contributed by atoms with Gasteiger partial charge in [-0.2, -0.15) is 0 Å². The molecule has 1 aromatic rings. The smallest absolute Gasteiger partial charge is 0.339 e. The molecular formula is C15H16INO4. The average Bonchev–Trinajstić information content (AvgIpc) is 2.45. The van der Waals surface area contributed by atoms with E-state index in [1.807, 2.05) is 22.6 Å². The largest absolute Gasteiger partial charge is 0.483 e. The van der Waals surface area contributed by atoms with Gasteiger partial charge in [-0.05, 0) is 40.8 Å². The molecular weight excluding hydrogens is 385 g/mol. The maximum Gasteiger partial charge on any atom is 0.339 e. The number of hydrogen-bond acceptors (Lipinski definition) is 3. The second kappa shape index (κ2) is 8.46. The third-order valence-electron chi connectivity index (χ3n) is 2.57. The number of carbonyl (C=O) groups excluding carboxylic acids is 1. The van der Waals surface area contributed by atoms with Crippen molar-refractivity contribution >= 4 is 34.5 Å². The van der Waals surface area contributed by atoms with Crippen molar-refractivity contribution in [1.82, 2.24) is 4.90 Å². The van der Waals surface area contributed by atoms with Crippen molar-refractivity contribution in [2.75, 3.05) is 19.7 Å². The Balaban J connectivity index is 2.78. The zero-order valence-corrected chi connectivity index (χ0v) is 13.6. The highest BCUT2D eigenvalue weighted by Crippen LogP contribution is 2.21. The number of rotatable bonds is 8. The molecule has 0 unspecified atom stereocenters. The van der Waals surface area contributed by atoms with Crippen molar-refractivity contribution in [2.45, 2.75) is 0 Å². The van der Waals surface area contributed by atoms with Crippen molar-refractivity contribution in [2.24, 2.45) is 0 Å². The molecule has 0 aliphatic carbocycles. The summed E-state index contributed by atoms with van der Waals surface area (Å²) in [5.74, 6) is -1.18. The first kappa shape index (κ1) is 17.2. The quantitative estimate of drug-likeness (QED) is 0.537. The van der Waals surface area contributed by atoms with Crippen molar-refractivity contribution in [3.63, 3.8) is 0 Å². The fraction of sp³-hybridized carbons (Fsp3) is 0.200. The first-order valence-electron chi connectivity index (χ1n) is 6.14. The summed E-state index contributed by atoms with van der Waals surface area (Å²) in [6.45, 7) is 7.70. The summed E-state index contributed by atoms with van der Waals surface area (Å²) in [5.41, 5.74) is 0.0358. The second-order valence-corrected chi connectivity index (χ2v) is 5.36. The van der Waals surface area contributed by atoms with E-state index in [-0.39, 0.29) is 23.8 Å². The maximum absolute atomic E-state index is 12.0. The van der Waals surface area contributed by atoms with Crippen molar-refractivity contribution in [3.05, 3.63) is 52.6 Å². The predicted molar refractivity (Wildman–Crippen MR) is 88.6 cm³/mol. The predicted octanol–water partition coefficient (Wildman–Crippen LogP) is 2.57. The van der Waals surface area contributed by atoms with E-state index >= 15 is 0 Å². The molecule has 1 amide bonds. The van der Waals surface area contributed by atoms with Crippen molar-refractivity contribution in [1.29, 1.82) is 0 Å². The first-order valence-corrected chi connectivity index (χ1v) is 7.22. The zero-order chi connectivity index (χ0) is 15.8. The van der Waals surface area contributed by atoms with Crippen LogP contribution in [0.1, 0.15) is 10.4 Å². The van der Waals surface area contributed by atoms with E-state index in [4.69, 9.17) is 9.84 Å². The SMILES string of the molecule is C=CCN(CC=C)C(=O)COc1ccc(I)cc1C(=O)O. The molecule has 0 radical (unpaired) electrons. The minimum Gasteiger partial charge on any atom is -0.483 e. The van der Waals surface area contributed by atoms with Gasteiger partial charge in [0.2, 0.25) is 0 Å². The summed E-state index contributed by atoms with van der Waals surface area (Å²) in [7, 11) is 0. The Hall–Kier alpha value is -1.83. The molecule has 0 saturated heterocycles. The molecule has 1 aromatic carbocycles. The monoisotopic (exact) mass is 401 g/mol. The molecule has 6 heteroatoms. The number of aromatic carboxylic acids is 1. The lowest BCUT2D eigenvalue weighted by Gasteiger charge is -2.19. The van der Waals surface area contributed by atoms with Crippen LogP contribution in [0.5, 0.6) is 5.75 Å². The summed E-state index contributed by atoms with van der Waals surface area (Å²) in [5, 5.41) is 9.13. The first-order chi connectivity index (χ1) is 9.99. The molecule has 0 aliphatic rings. The lowest BCUT2D eigenvalue weighted by molar-refractivity contribution is -0.132. The highest BCUT2D eigenvalue weighted by molar-refractivity contribution is 14.1. The Morgan fingerprint density at radius 2 is 1.90 bits per heavy atom.